The second-order valence-electron chi connectivity index (χ2n) is 5.05. The molecule has 5 nitrogen and oxygen atoms in total. The van der Waals surface area contributed by atoms with E-state index in [9.17, 15) is 5.11 Å². The van der Waals surface area contributed by atoms with Gasteiger partial charge in [-0.3, -0.25) is 4.99 Å². The van der Waals surface area contributed by atoms with Crippen molar-refractivity contribution in [1.82, 2.24) is 10.6 Å². The Morgan fingerprint density at radius 1 is 1.26 bits per heavy atom. The van der Waals surface area contributed by atoms with Gasteiger partial charge in [-0.15, -0.1) is 0 Å². The highest BCUT2D eigenvalue weighted by Gasteiger charge is 2.09. The van der Waals surface area contributed by atoms with Gasteiger partial charge >= 0.3 is 0 Å². The van der Waals surface area contributed by atoms with Gasteiger partial charge in [0.05, 0.1) is 12.8 Å². The molecule has 0 radical (unpaired) electrons. The molecule has 0 aliphatic rings. The number of hydrogen-bond donors (Lipinski definition) is 3. The number of furan rings is 1. The van der Waals surface area contributed by atoms with Crippen molar-refractivity contribution in [3.8, 4) is 0 Å². The lowest BCUT2D eigenvalue weighted by Crippen LogP contribution is -2.38. The highest BCUT2D eigenvalue weighted by atomic mass is 35.5. The molecule has 2 aromatic rings. The Morgan fingerprint density at radius 2 is 2.04 bits per heavy atom. The summed E-state index contributed by atoms with van der Waals surface area (Å²) < 4.78 is 5.17. The molecular weight excluding hydrogens is 314 g/mol. The molecule has 1 aromatic heterocycles. The highest BCUT2D eigenvalue weighted by Crippen LogP contribution is 2.13. The summed E-state index contributed by atoms with van der Waals surface area (Å²) in [5.41, 5.74) is 1.20. The first-order chi connectivity index (χ1) is 11.2. The highest BCUT2D eigenvalue weighted by molar-refractivity contribution is 6.30. The van der Waals surface area contributed by atoms with Gasteiger partial charge in [0.15, 0.2) is 5.96 Å². The van der Waals surface area contributed by atoms with E-state index in [1.54, 1.807) is 12.1 Å². The van der Waals surface area contributed by atoms with Crippen LogP contribution in [0.1, 0.15) is 24.4 Å². The fourth-order valence-corrected chi connectivity index (χ4v) is 2.19. The summed E-state index contributed by atoms with van der Waals surface area (Å²) in [6.07, 6.45) is 1.66. The van der Waals surface area contributed by atoms with E-state index >= 15 is 0 Å². The topological polar surface area (TPSA) is 69.8 Å². The summed E-state index contributed by atoms with van der Waals surface area (Å²) >= 11 is 5.87. The lowest BCUT2D eigenvalue weighted by Gasteiger charge is -2.12. The van der Waals surface area contributed by atoms with Crippen molar-refractivity contribution in [1.29, 1.82) is 0 Å². The molecule has 6 heteroatoms. The standard InChI is InChI=1S/C17H22ClN3O2/c1-2-19-17(21-12-15(22)16-4-3-11-23-16)20-10-9-13-5-7-14(18)8-6-13/h3-8,11,15,22H,2,9-10,12H2,1H3,(H2,19,20,21). The van der Waals surface area contributed by atoms with Crippen LogP contribution < -0.4 is 10.6 Å². The average molecular weight is 336 g/mol. The van der Waals surface area contributed by atoms with Crippen LogP contribution in [-0.2, 0) is 6.42 Å². The van der Waals surface area contributed by atoms with E-state index in [0.717, 1.165) is 24.5 Å². The molecule has 0 aliphatic carbocycles. The zero-order chi connectivity index (χ0) is 16.5. The van der Waals surface area contributed by atoms with Crippen molar-refractivity contribution in [2.45, 2.75) is 19.4 Å². The van der Waals surface area contributed by atoms with Crippen molar-refractivity contribution in [2.75, 3.05) is 19.6 Å². The summed E-state index contributed by atoms with van der Waals surface area (Å²) in [6.45, 7) is 3.73. The van der Waals surface area contributed by atoms with Gasteiger partial charge in [-0.05, 0) is 43.2 Å². The smallest absolute Gasteiger partial charge is 0.191 e. The lowest BCUT2D eigenvalue weighted by molar-refractivity contribution is 0.158. The van der Waals surface area contributed by atoms with E-state index in [1.807, 2.05) is 31.2 Å². The minimum absolute atomic E-state index is 0.240. The van der Waals surface area contributed by atoms with Crippen LogP contribution in [0.4, 0.5) is 0 Å². The predicted molar refractivity (Wildman–Crippen MR) is 92.8 cm³/mol. The molecule has 2 rings (SSSR count). The predicted octanol–water partition coefficient (Wildman–Crippen LogP) is 2.76. The van der Waals surface area contributed by atoms with Crippen molar-refractivity contribution in [3.63, 3.8) is 0 Å². The summed E-state index contributed by atoms with van der Waals surface area (Å²) in [6, 6.07) is 11.3. The number of aliphatic hydroxyl groups excluding tert-OH is 1. The van der Waals surface area contributed by atoms with Gasteiger partial charge in [0.1, 0.15) is 11.9 Å². The van der Waals surface area contributed by atoms with Crippen LogP contribution in [0.3, 0.4) is 0 Å². The van der Waals surface area contributed by atoms with Crippen LogP contribution in [-0.4, -0.2) is 30.7 Å². The van der Waals surface area contributed by atoms with Gasteiger partial charge in [-0.1, -0.05) is 23.7 Å². The maximum absolute atomic E-state index is 9.99. The summed E-state index contributed by atoms with van der Waals surface area (Å²) in [5.74, 6) is 1.19. The van der Waals surface area contributed by atoms with Crippen LogP contribution in [0.5, 0.6) is 0 Å². The second-order valence-corrected chi connectivity index (χ2v) is 5.49. The fourth-order valence-electron chi connectivity index (χ4n) is 2.07. The summed E-state index contributed by atoms with van der Waals surface area (Å²) in [4.78, 5) is 4.38. The Morgan fingerprint density at radius 3 is 2.70 bits per heavy atom. The Labute approximate surface area is 141 Å². The molecule has 1 atom stereocenters. The molecule has 1 heterocycles. The molecule has 0 bridgehead atoms. The van der Waals surface area contributed by atoms with Crippen LogP contribution in [0.2, 0.25) is 5.02 Å². The number of rotatable bonds is 7. The minimum Gasteiger partial charge on any atom is -0.467 e. The van der Waals surface area contributed by atoms with Crippen LogP contribution in [0.25, 0.3) is 0 Å². The zero-order valence-corrected chi connectivity index (χ0v) is 13.9. The van der Waals surface area contributed by atoms with Crippen LogP contribution in [0, 0.1) is 0 Å². The van der Waals surface area contributed by atoms with Gasteiger partial charge in [0.25, 0.3) is 0 Å². The first kappa shape index (κ1) is 17.4. The third kappa shape index (κ3) is 5.96. The monoisotopic (exact) mass is 335 g/mol. The second kappa shape index (κ2) is 9.22. The number of hydrogen-bond acceptors (Lipinski definition) is 3. The maximum atomic E-state index is 9.99. The SMILES string of the molecule is CCNC(=NCC(O)c1ccco1)NCCc1ccc(Cl)cc1. The van der Waals surface area contributed by atoms with Crippen LogP contribution in [0.15, 0.2) is 52.1 Å². The van der Waals surface area contributed by atoms with Crippen molar-refractivity contribution < 1.29 is 9.52 Å². The van der Waals surface area contributed by atoms with E-state index in [4.69, 9.17) is 16.0 Å². The van der Waals surface area contributed by atoms with Crippen molar-refractivity contribution in [3.05, 3.63) is 59.0 Å². The van der Waals surface area contributed by atoms with E-state index in [-0.39, 0.29) is 6.54 Å². The molecule has 1 aromatic carbocycles. The Hall–Kier alpha value is -1.98. The van der Waals surface area contributed by atoms with Crippen LogP contribution >= 0.6 is 11.6 Å². The van der Waals surface area contributed by atoms with Gasteiger partial charge in [-0.25, -0.2) is 0 Å². The number of aliphatic imine (C=N–C) groups is 1. The first-order valence-electron chi connectivity index (χ1n) is 7.67. The van der Waals surface area contributed by atoms with Gasteiger partial charge in [0.2, 0.25) is 0 Å². The van der Waals surface area contributed by atoms with Crippen molar-refractivity contribution >= 4 is 17.6 Å². The molecule has 1 unspecified atom stereocenters. The summed E-state index contributed by atoms with van der Waals surface area (Å²) in [5, 5.41) is 17.1. The minimum atomic E-state index is -0.739. The number of nitrogens with zero attached hydrogens (tertiary/aromatic N) is 1. The average Bonchev–Trinajstić information content (AvgIpc) is 3.08. The molecule has 0 saturated heterocycles. The van der Waals surface area contributed by atoms with E-state index in [0.29, 0.717) is 11.7 Å². The Bertz CT molecular complexity index is 597. The Balaban J connectivity index is 1.82. The normalized spacial score (nSPS) is 12.9. The molecule has 0 aliphatic heterocycles. The van der Waals surface area contributed by atoms with Gasteiger partial charge in [0, 0.05) is 18.1 Å². The number of nitrogens with one attached hydrogen (secondary N) is 2. The molecule has 0 amide bonds. The molecule has 0 saturated carbocycles. The van der Waals surface area contributed by atoms with E-state index < -0.39 is 6.10 Å². The number of aliphatic hydroxyl groups is 1. The summed E-state index contributed by atoms with van der Waals surface area (Å²) in [7, 11) is 0. The zero-order valence-electron chi connectivity index (χ0n) is 13.1. The van der Waals surface area contributed by atoms with E-state index in [1.165, 1.54) is 11.8 Å². The maximum Gasteiger partial charge on any atom is 0.191 e. The van der Waals surface area contributed by atoms with Crippen molar-refractivity contribution in [2.24, 2.45) is 4.99 Å². The number of guanidine groups is 1. The molecular formula is C17H22ClN3O2. The van der Waals surface area contributed by atoms with Gasteiger partial charge in [-0.2, -0.15) is 0 Å². The molecule has 0 fully saturated rings. The van der Waals surface area contributed by atoms with Gasteiger partial charge < -0.3 is 20.2 Å². The Kier molecular flexibility index (Phi) is 6.97. The van der Waals surface area contributed by atoms with E-state index in [2.05, 4.69) is 15.6 Å². The quantitative estimate of drug-likeness (QED) is 0.537. The third-order valence-electron chi connectivity index (χ3n) is 3.26. The fraction of sp³-hybridized carbons (Fsp3) is 0.353. The molecule has 23 heavy (non-hydrogen) atoms. The molecule has 124 valence electrons. The number of benzene rings is 1. The largest absolute Gasteiger partial charge is 0.467 e. The number of halogens is 1. The third-order valence-corrected chi connectivity index (χ3v) is 3.51. The first-order valence-corrected chi connectivity index (χ1v) is 8.05. The lowest BCUT2D eigenvalue weighted by atomic mass is 10.1. The molecule has 3 N–H and O–H groups in total. The molecule has 0 spiro atoms.